The number of pyridine rings is 2. The lowest BCUT2D eigenvalue weighted by molar-refractivity contribution is 0.0942. The number of carbonyl (C=O) groups excluding carboxylic acids is 1. The smallest absolute Gasteiger partial charge is 0.273 e. The van der Waals surface area contributed by atoms with Crippen LogP contribution in [0.2, 0.25) is 0 Å². The van der Waals surface area contributed by atoms with Crippen LogP contribution in [0.25, 0.3) is 11.3 Å². The van der Waals surface area contributed by atoms with E-state index in [0.717, 1.165) is 16.9 Å². The Morgan fingerprint density at radius 3 is 2.55 bits per heavy atom. The van der Waals surface area contributed by atoms with Crippen molar-refractivity contribution in [2.24, 2.45) is 0 Å². The van der Waals surface area contributed by atoms with E-state index in [4.69, 9.17) is 14.0 Å². The van der Waals surface area contributed by atoms with Gasteiger partial charge in [-0.05, 0) is 29.8 Å². The molecular weight excluding hydrogens is 396 g/mol. The first-order chi connectivity index (χ1) is 15.3. The minimum Gasteiger partial charge on any atom is -0.490 e. The zero-order valence-corrected chi connectivity index (χ0v) is 16.6. The summed E-state index contributed by atoms with van der Waals surface area (Å²) in [6, 6.07) is 18.3. The minimum absolute atomic E-state index is 0.207. The van der Waals surface area contributed by atoms with Crippen molar-refractivity contribution in [3.63, 3.8) is 0 Å². The Kier molecular flexibility index (Phi) is 6.49. The fourth-order valence-electron chi connectivity index (χ4n) is 2.73. The van der Waals surface area contributed by atoms with Crippen molar-refractivity contribution in [1.29, 1.82) is 0 Å². The maximum atomic E-state index is 12.3. The highest BCUT2D eigenvalue weighted by Gasteiger charge is 2.13. The largest absolute Gasteiger partial charge is 0.490 e. The van der Waals surface area contributed by atoms with Crippen molar-refractivity contribution in [3.05, 3.63) is 90.5 Å². The van der Waals surface area contributed by atoms with Crippen LogP contribution in [0.15, 0.2) is 83.8 Å². The molecule has 4 rings (SSSR count). The normalized spacial score (nSPS) is 10.5. The van der Waals surface area contributed by atoms with E-state index in [1.807, 2.05) is 36.4 Å². The molecule has 3 heterocycles. The molecule has 0 aliphatic heterocycles. The number of ether oxygens (including phenoxy) is 2. The van der Waals surface area contributed by atoms with Crippen LogP contribution < -0.4 is 14.8 Å². The zero-order chi connectivity index (χ0) is 21.3. The second kappa shape index (κ2) is 10.0. The number of nitrogens with one attached hydrogen (secondary N) is 1. The van der Waals surface area contributed by atoms with E-state index in [-0.39, 0.29) is 11.6 Å². The Bertz CT molecular complexity index is 1100. The average Bonchev–Trinajstić information content (AvgIpc) is 3.33. The molecule has 0 fully saturated rings. The van der Waals surface area contributed by atoms with Crippen LogP contribution in [0.4, 0.5) is 0 Å². The lowest BCUT2D eigenvalue weighted by atomic mass is 10.2. The molecule has 0 aliphatic rings. The number of hydrogen-bond donors (Lipinski definition) is 1. The van der Waals surface area contributed by atoms with E-state index in [0.29, 0.717) is 31.4 Å². The highest BCUT2D eigenvalue weighted by atomic mass is 16.5. The number of rotatable bonds is 9. The molecule has 0 saturated heterocycles. The molecule has 31 heavy (non-hydrogen) atoms. The topological polar surface area (TPSA) is 99.4 Å². The van der Waals surface area contributed by atoms with E-state index in [1.54, 1.807) is 42.9 Å². The van der Waals surface area contributed by atoms with Gasteiger partial charge in [0, 0.05) is 42.8 Å². The number of nitrogens with zero attached hydrogens (tertiary/aromatic N) is 3. The van der Waals surface area contributed by atoms with Crippen LogP contribution >= 0.6 is 0 Å². The molecule has 8 nitrogen and oxygen atoms in total. The Morgan fingerprint density at radius 1 is 0.968 bits per heavy atom. The van der Waals surface area contributed by atoms with Crippen molar-refractivity contribution >= 4 is 5.91 Å². The molecule has 8 heteroatoms. The number of carbonyl (C=O) groups is 1. The zero-order valence-electron chi connectivity index (χ0n) is 16.6. The maximum absolute atomic E-state index is 12.3. The molecule has 0 radical (unpaired) electrons. The summed E-state index contributed by atoms with van der Waals surface area (Å²) in [5.41, 5.74) is 1.84. The van der Waals surface area contributed by atoms with E-state index in [1.165, 1.54) is 0 Å². The van der Waals surface area contributed by atoms with E-state index >= 15 is 0 Å². The van der Waals surface area contributed by atoms with Gasteiger partial charge in [0.1, 0.15) is 19.0 Å². The summed E-state index contributed by atoms with van der Waals surface area (Å²) >= 11 is 0. The molecule has 0 unspecified atom stereocenters. The van der Waals surface area contributed by atoms with Gasteiger partial charge in [-0.2, -0.15) is 0 Å². The first kappa shape index (κ1) is 20.1. The molecule has 0 saturated carbocycles. The first-order valence-electron chi connectivity index (χ1n) is 9.69. The highest BCUT2D eigenvalue weighted by molar-refractivity contribution is 5.93. The third-order valence-corrected chi connectivity index (χ3v) is 4.30. The van der Waals surface area contributed by atoms with Crippen LogP contribution in [-0.4, -0.2) is 34.2 Å². The SMILES string of the molecule is O=C(NCc1ccc(OCCOc2ccccc2)nc1)c1cc(-c2ccncc2)on1. The van der Waals surface area contributed by atoms with Crippen LogP contribution in [-0.2, 0) is 6.54 Å². The molecular formula is C23H20N4O4. The second-order valence-corrected chi connectivity index (χ2v) is 6.51. The quantitative estimate of drug-likeness (QED) is 0.417. The third-order valence-electron chi connectivity index (χ3n) is 4.30. The first-order valence-corrected chi connectivity index (χ1v) is 9.69. The average molecular weight is 416 g/mol. The summed E-state index contributed by atoms with van der Waals surface area (Å²) in [7, 11) is 0. The van der Waals surface area contributed by atoms with Gasteiger partial charge < -0.3 is 19.3 Å². The van der Waals surface area contributed by atoms with Gasteiger partial charge in [-0.15, -0.1) is 0 Å². The molecule has 1 amide bonds. The van der Waals surface area contributed by atoms with Crippen LogP contribution in [0.5, 0.6) is 11.6 Å². The van der Waals surface area contributed by atoms with Crippen LogP contribution in [0.1, 0.15) is 16.1 Å². The summed E-state index contributed by atoms with van der Waals surface area (Å²) in [5.74, 6) is 1.46. The van der Waals surface area contributed by atoms with Crippen LogP contribution in [0.3, 0.4) is 0 Å². The van der Waals surface area contributed by atoms with E-state index in [9.17, 15) is 4.79 Å². The summed E-state index contributed by atoms with van der Waals surface area (Å²) in [4.78, 5) is 20.5. The van der Waals surface area contributed by atoms with Gasteiger partial charge >= 0.3 is 0 Å². The maximum Gasteiger partial charge on any atom is 0.273 e. The van der Waals surface area contributed by atoms with Gasteiger partial charge in [0.05, 0.1) is 0 Å². The standard InChI is InChI=1S/C23H20N4O4/c28-23(20-14-21(31-27-20)18-8-10-24-11-9-18)26-16-17-6-7-22(25-15-17)30-13-12-29-19-4-2-1-3-5-19/h1-11,14-15H,12-13,16H2,(H,26,28). The highest BCUT2D eigenvalue weighted by Crippen LogP contribution is 2.19. The Labute approximate surface area is 178 Å². The minimum atomic E-state index is -0.331. The predicted molar refractivity (Wildman–Crippen MR) is 113 cm³/mol. The fourth-order valence-corrected chi connectivity index (χ4v) is 2.73. The lowest BCUT2D eigenvalue weighted by Crippen LogP contribution is -2.23. The third kappa shape index (κ3) is 5.66. The second-order valence-electron chi connectivity index (χ2n) is 6.51. The number of amides is 1. The molecule has 156 valence electrons. The molecule has 0 aliphatic carbocycles. The summed E-state index contributed by atoms with van der Waals surface area (Å²) < 4.78 is 16.4. The summed E-state index contributed by atoms with van der Waals surface area (Å²) in [6.07, 6.45) is 4.95. The molecule has 0 spiro atoms. The van der Waals surface area contributed by atoms with Gasteiger partial charge in [-0.25, -0.2) is 4.98 Å². The predicted octanol–water partition coefficient (Wildman–Crippen LogP) is 3.52. The van der Waals surface area contributed by atoms with Gasteiger partial charge in [0.15, 0.2) is 11.5 Å². The molecule has 0 bridgehead atoms. The number of benzene rings is 1. The van der Waals surface area contributed by atoms with Crippen molar-refractivity contribution in [2.75, 3.05) is 13.2 Å². The Morgan fingerprint density at radius 2 is 1.77 bits per heavy atom. The molecule has 3 aromatic heterocycles. The van der Waals surface area contributed by atoms with Gasteiger partial charge in [-0.3, -0.25) is 9.78 Å². The number of hydrogen-bond acceptors (Lipinski definition) is 7. The molecule has 0 atom stereocenters. The molecule has 1 N–H and O–H groups in total. The van der Waals surface area contributed by atoms with Gasteiger partial charge in [-0.1, -0.05) is 29.4 Å². The number of aromatic nitrogens is 3. The fraction of sp³-hybridized carbons (Fsp3) is 0.130. The van der Waals surface area contributed by atoms with Crippen molar-refractivity contribution in [1.82, 2.24) is 20.4 Å². The van der Waals surface area contributed by atoms with Crippen LogP contribution in [0, 0.1) is 0 Å². The summed E-state index contributed by atoms with van der Waals surface area (Å²) in [6.45, 7) is 1.10. The molecule has 1 aromatic carbocycles. The summed E-state index contributed by atoms with van der Waals surface area (Å²) in [5, 5.41) is 6.62. The van der Waals surface area contributed by atoms with E-state index in [2.05, 4.69) is 20.4 Å². The van der Waals surface area contributed by atoms with Gasteiger partial charge in [0.2, 0.25) is 5.88 Å². The van der Waals surface area contributed by atoms with Crippen molar-refractivity contribution in [3.8, 4) is 23.0 Å². The van der Waals surface area contributed by atoms with E-state index < -0.39 is 0 Å². The van der Waals surface area contributed by atoms with Crippen molar-refractivity contribution in [2.45, 2.75) is 6.54 Å². The Balaban J connectivity index is 1.22. The Hall–Kier alpha value is -4.20. The molecule has 4 aromatic rings. The van der Waals surface area contributed by atoms with Gasteiger partial charge in [0.25, 0.3) is 5.91 Å². The lowest BCUT2D eigenvalue weighted by Gasteiger charge is -2.08. The number of para-hydroxylation sites is 1. The monoisotopic (exact) mass is 416 g/mol. The van der Waals surface area contributed by atoms with Crippen molar-refractivity contribution < 1.29 is 18.8 Å².